The molecular weight excluding hydrogens is 478 g/mol. The van der Waals surface area contributed by atoms with Gasteiger partial charge in [0.25, 0.3) is 0 Å². The molecule has 0 aliphatic carbocycles. The van der Waals surface area contributed by atoms with Crippen LogP contribution in [-0.2, 0) is 9.53 Å². The van der Waals surface area contributed by atoms with Gasteiger partial charge in [-0.2, -0.15) is 0 Å². The van der Waals surface area contributed by atoms with Crippen LogP contribution in [-0.4, -0.2) is 39.6 Å². The van der Waals surface area contributed by atoms with Crippen molar-refractivity contribution in [2.45, 2.75) is 19.0 Å². The van der Waals surface area contributed by atoms with E-state index < -0.39 is 5.97 Å². The van der Waals surface area contributed by atoms with E-state index in [4.69, 9.17) is 10.6 Å². The summed E-state index contributed by atoms with van der Waals surface area (Å²) in [7, 11) is 1.31. The molecule has 29 heavy (non-hydrogen) atoms. The van der Waals surface area contributed by atoms with Gasteiger partial charge in [-0.1, -0.05) is 39.8 Å². The van der Waals surface area contributed by atoms with Crippen molar-refractivity contribution >= 4 is 55.9 Å². The predicted octanol–water partition coefficient (Wildman–Crippen LogP) is 3.62. The Morgan fingerprint density at radius 3 is 2.72 bits per heavy atom. The van der Waals surface area contributed by atoms with Crippen LogP contribution in [0.4, 0.5) is 5.00 Å². The lowest BCUT2D eigenvalue weighted by molar-refractivity contribution is -0.113. The summed E-state index contributed by atoms with van der Waals surface area (Å²) in [5.74, 6) is 5.89. The number of thiophene rings is 1. The van der Waals surface area contributed by atoms with Gasteiger partial charge in [0.05, 0.1) is 18.4 Å². The molecule has 2 heterocycles. The molecule has 2 aromatic heterocycles. The number of benzene rings is 1. The van der Waals surface area contributed by atoms with Crippen molar-refractivity contribution in [3.8, 4) is 11.4 Å². The van der Waals surface area contributed by atoms with Crippen molar-refractivity contribution in [2.24, 2.45) is 0 Å². The Morgan fingerprint density at radius 2 is 2.03 bits per heavy atom. The minimum atomic E-state index is -0.477. The van der Waals surface area contributed by atoms with Crippen molar-refractivity contribution in [2.75, 3.05) is 24.0 Å². The number of amides is 1. The highest BCUT2D eigenvalue weighted by atomic mass is 79.9. The molecule has 1 amide bonds. The summed E-state index contributed by atoms with van der Waals surface area (Å²) in [6.45, 7) is 3.71. The summed E-state index contributed by atoms with van der Waals surface area (Å²) in [4.78, 5) is 25.4. The molecule has 0 saturated carbocycles. The van der Waals surface area contributed by atoms with Crippen molar-refractivity contribution in [3.05, 3.63) is 44.7 Å². The number of methoxy groups -OCH3 is 1. The Morgan fingerprint density at radius 1 is 1.31 bits per heavy atom. The Balaban J connectivity index is 1.71. The number of nitrogens with two attached hydrogens (primary N) is 1. The van der Waals surface area contributed by atoms with Gasteiger partial charge in [-0.15, -0.1) is 21.5 Å². The molecule has 11 heteroatoms. The van der Waals surface area contributed by atoms with Crippen LogP contribution in [0.3, 0.4) is 0 Å². The number of nitrogens with zero attached hydrogens (tertiary/aromatic N) is 3. The third-order valence-corrected chi connectivity index (χ3v) is 6.90. The minimum absolute atomic E-state index is 0.0574. The van der Waals surface area contributed by atoms with Gasteiger partial charge >= 0.3 is 5.97 Å². The highest BCUT2D eigenvalue weighted by molar-refractivity contribution is 9.10. The van der Waals surface area contributed by atoms with Gasteiger partial charge in [-0.3, -0.25) is 4.79 Å². The van der Waals surface area contributed by atoms with Gasteiger partial charge in [-0.25, -0.2) is 9.47 Å². The number of halogens is 1. The fraction of sp³-hybridized carbons (Fsp3) is 0.222. The summed E-state index contributed by atoms with van der Waals surface area (Å²) in [6.07, 6.45) is 0. The van der Waals surface area contributed by atoms with E-state index >= 15 is 0 Å². The van der Waals surface area contributed by atoms with E-state index in [9.17, 15) is 9.59 Å². The predicted molar refractivity (Wildman–Crippen MR) is 118 cm³/mol. The van der Waals surface area contributed by atoms with Crippen molar-refractivity contribution in [1.82, 2.24) is 14.9 Å². The molecule has 0 radical (unpaired) electrons. The number of carbonyl (C=O) groups is 2. The van der Waals surface area contributed by atoms with Gasteiger partial charge in [0.1, 0.15) is 5.00 Å². The molecular formula is C18H18BrN5O3S2. The van der Waals surface area contributed by atoms with E-state index in [1.165, 1.54) is 23.1 Å². The van der Waals surface area contributed by atoms with Crippen LogP contribution in [0.2, 0.25) is 0 Å². The number of anilines is 1. The molecule has 0 unspecified atom stereocenters. The van der Waals surface area contributed by atoms with Crippen LogP contribution < -0.4 is 11.2 Å². The fourth-order valence-electron chi connectivity index (χ4n) is 2.56. The van der Waals surface area contributed by atoms with E-state index in [1.807, 2.05) is 38.1 Å². The number of esters is 1. The normalized spacial score (nSPS) is 10.8. The number of carbonyl (C=O) groups excluding carboxylic acids is 2. The number of nitrogens with one attached hydrogen (secondary N) is 1. The molecule has 3 N–H and O–H groups in total. The smallest absolute Gasteiger partial charge is 0.341 e. The number of ether oxygens (including phenoxy) is 1. The monoisotopic (exact) mass is 495 g/mol. The zero-order valence-corrected chi connectivity index (χ0v) is 19.1. The second-order valence-electron chi connectivity index (χ2n) is 5.97. The first kappa shape index (κ1) is 21.3. The maximum Gasteiger partial charge on any atom is 0.341 e. The summed E-state index contributed by atoms with van der Waals surface area (Å²) in [6, 6.07) is 7.52. The topological polar surface area (TPSA) is 112 Å². The molecule has 0 fully saturated rings. The fourth-order valence-corrected chi connectivity index (χ4v) is 4.74. The van der Waals surface area contributed by atoms with E-state index in [-0.39, 0.29) is 11.7 Å². The highest BCUT2D eigenvalue weighted by Crippen LogP contribution is 2.33. The molecule has 3 rings (SSSR count). The van der Waals surface area contributed by atoms with E-state index in [0.29, 0.717) is 21.5 Å². The van der Waals surface area contributed by atoms with Crippen molar-refractivity contribution in [3.63, 3.8) is 0 Å². The summed E-state index contributed by atoms with van der Waals surface area (Å²) in [5.41, 5.74) is 1.97. The zero-order chi connectivity index (χ0) is 21.1. The highest BCUT2D eigenvalue weighted by Gasteiger charge is 2.22. The van der Waals surface area contributed by atoms with Crippen LogP contribution in [0.5, 0.6) is 0 Å². The van der Waals surface area contributed by atoms with Crippen molar-refractivity contribution in [1.29, 1.82) is 0 Å². The third kappa shape index (κ3) is 4.46. The second kappa shape index (κ2) is 8.97. The van der Waals surface area contributed by atoms with Gasteiger partial charge < -0.3 is 15.9 Å². The molecule has 0 aliphatic rings. The van der Waals surface area contributed by atoms with E-state index in [0.717, 1.165) is 32.2 Å². The van der Waals surface area contributed by atoms with Crippen molar-refractivity contribution < 1.29 is 14.3 Å². The Bertz CT molecular complexity index is 1080. The summed E-state index contributed by atoms with van der Waals surface area (Å²) < 4.78 is 7.01. The molecule has 0 bridgehead atoms. The number of nitrogen functional groups attached to an aromatic ring is 1. The molecule has 8 nitrogen and oxygen atoms in total. The standard InChI is InChI=1S/C18H18BrN5O3S2/c1-9-10(2)29-16(14(9)17(26)27-3)21-13(25)8-28-18-23-22-15(24(18)20)11-6-4-5-7-12(11)19/h4-7H,8,20H2,1-3H3,(H,21,25). The van der Waals surface area contributed by atoms with Gasteiger partial charge in [0.15, 0.2) is 5.82 Å². The molecule has 0 aliphatic heterocycles. The van der Waals surface area contributed by atoms with Crippen LogP contribution in [0.15, 0.2) is 33.9 Å². The van der Waals surface area contributed by atoms with Crippen LogP contribution in [0.25, 0.3) is 11.4 Å². The average molecular weight is 496 g/mol. The maximum atomic E-state index is 12.4. The molecule has 1 aromatic carbocycles. The lowest BCUT2D eigenvalue weighted by Crippen LogP contribution is -2.17. The average Bonchev–Trinajstić information content (AvgIpc) is 3.19. The van der Waals surface area contributed by atoms with Gasteiger partial charge in [0, 0.05) is 14.9 Å². The first-order valence-electron chi connectivity index (χ1n) is 8.39. The first-order valence-corrected chi connectivity index (χ1v) is 11.0. The summed E-state index contributed by atoms with van der Waals surface area (Å²) >= 11 is 5.95. The van der Waals surface area contributed by atoms with Gasteiger partial charge in [-0.05, 0) is 31.5 Å². The first-order chi connectivity index (χ1) is 13.8. The maximum absolute atomic E-state index is 12.4. The summed E-state index contributed by atoms with van der Waals surface area (Å²) in [5, 5.41) is 11.8. The quantitative estimate of drug-likeness (QED) is 0.305. The molecule has 3 aromatic rings. The van der Waals surface area contributed by atoms with Crippen LogP contribution >= 0.6 is 39.0 Å². The molecule has 0 saturated heterocycles. The zero-order valence-electron chi connectivity index (χ0n) is 15.9. The largest absolute Gasteiger partial charge is 0.465 e. The minimum Gasteiger partial charge on any atom is -0.465 e. The van der Waals surface area contributed by atoms with Gasteiger partial charge in [0.2, 0.25) is 11.1 Å². The number of hydrogen-bond donors (Lipinski definition) is 2. The lowest BCUT2D eigenvalue weighted by Gasteiger charge is -2.07. The number of rotatable bonds is 6. The Kier molecular flexibility index (Phi) is 6.60. The SMILES string of the molecule is COC(=O)c1c(NC(=O)CSc2nnc(-c3ccccc3Br)n2N)sc(C)c1C. The molecule has 152 valence electrons. The second-order valence-corrected chi connectivity index (χ2v) is 8.99. The van der Waals surface area contributed by atoms with Crippen LogP contribution in [0, 0.1) is 13.8 Å². The third-order valence-electron chi connectivity index (χ3n) is 4.14. The van der Waals surface area contributed by atoms with E-state index in [1.54, 1.807) is 0 Å². The number of hydrogen-bond acceptors (Lipinski definition) is 8. The Hall–Kier alpha value is -2.37. The Labute approximate surface area is 183 Å². The lowest BCUT2D eigenvalue weighted by atomic mass is 10.1. The van der Waals surface area contributed by atoms with E-state index in [2.05, 4.69) is 31.4 Å². The van der Waals surface area contributed by atoms with Crippen LogP contribution in [0.1, 0.15) is 20.8 Å². The number of aromatic nitrogens is 3. The molecule has 0 atom stereocenters. The number of aryl methyl sites for hydroxylation is 1. The number of thioether (sulfide) groups is 1. The molecule has 0 spiro atoms.